The van der Waals surface area contributed by atoms with Crippen LogP contribution < -0.4 is 16.6 Å². The van der Waals surface area contributed by atoms with E-state index < -0.39 is 23.7 Å². The Bertz CT molecular complexity index is 1260. The Kier molecular flexibility index (Phi) is 4.00. The van der Waals surface area contributed by atoms with E-state index in [1.165, 1.54) is 33.8 Å². The quantitative estimate of drug-likeness (QED) is 0.531. The normalized spacial score (nSPS) is 11.2. The molecule has 10 nitrogen and oxygen atoms in total. The summed E-state index contributed by atoms with van der Waals surface area (Å²) in [4.78, 5) is 42.5. The van der Waals surface area contributed by atoms with Gasteiger partial charge in [-0.2, -0.15) is 5.10 Å². The number of anilines is 1. The summed E-state index contributed by atoms with van der Waals surface area (Å²) in [5.74, 6) is -0.213. The number of fused-ring (bicyclic) bond motifs is 1. The highest BCUT2D eigenvalue weighted by Crippen LogP contribution is 2.24. The second-order valence-electron chi connectivity index (χ2n) is 5.95. The Morgan fingerprint density at radius 1 is 1.33 bits per heavy atom. The number of carbonyl (C=O) groups excluding carboxylic acids is 1. The summed E-state index contributed by atoms with van der Waals surface area (Å²) < 4.78 is 3.65. The lowest BCUT2D eigenvalue weighted by Gasteiger charge is -2.08. The SMILES string of the molecule is Cn1cnc2c1c(=O)n(CC(=O)Nc1cc(-c3cccs3)[nH]n1)c(=O)n2C. The average Bonchev–Trinajstić information content (AvgIpc) is 3.37. The van der Waals surface area contributed by atoms with Gasteiger partial charge >= 0.3 is 5.69 Å². The minimum absolute atomic E-state index is 0.254. The fraction of sp³-hybridized carbons (Fsp3) is 0.188. The molecule has 138 valence electrons. The third kappa shape index (κ3) is 2.87. The van der Waals surface area contributed by atoms with Crippen LogP contribution in [-0.2, 0) is 25.4 Å². The number of nitrogens with zero attached hydrogens (tertiary/aromatic N) is 5. The molecule has 27 heavy (non-hydrogen) atoms. The smallest absolute Gasteiger partial charge is 0.328 e. The summed E-state index contributed by atoms with van der Waals surface area (Å²) in [6, 6.07) is 5.53. The molecule has 2 N–H and O–H groups in total. The largest absolute Gasteiger partial charge is 0.332 e. The number of thiophene rings is 1. The summed E-state index contributed by atoms with van der Waals surface area (Å²) in [7, 11) is 3.16. The number of aromatic amines is 1. The van der Waals surface area contributed by atoms with Crippen molar-refractivity contribution >= 4 is 34.2 Å². The lowest BCUT2D eigenvalue weighted by molar-refractivity contribution is -0.116. The molecule has 0 aromatic carbocycles. The molecule has 4 heterocycles. The van der Waals surface area contributed by atoms with Crippen molar-refractivity contribution in [2.45, 2.75) is 6.54 Å². The minimum Gasteiger partial charge on any atom is -0.328 e. The van der Waals surface area contributed by atoms with Crippen LogP contribution in [0.25, 0.3) is 21.7 Å². The molecule has 4 aromatic rings. The van der Waals surface area contributed by atoms with Gasteiger partial charge in [-0.1, -0.05) is 6.07 Å². The van der Waals surface area contributed by atoms with Gasteiger partial charge in [-0.15, -0.1) is 11.3 Å². The molecule has 0 saturated carbocycles. The average molecular weight is 385 g/mol. The molecule has 0 aliphatic heterocycles. The van der Waals surface area contributed by atoms with Gasteiger partial charge in [0.25, 0.3) is 5.56 Å². The number of aryl methyl sites for hydroxylation is 2. The van der Waals surface area contributed by atoms with Crippen molar-refractivity contribution in [3.8, 4) is 10.6 Å². The highest BCUT2D eigenvalue weighted by molar-refractivity contribution is 7.13. The summed E-state index contributed by atoms with van der Waals surface area (Å²) in [5, 5.41) is 11.4. The number of rotatable bonds is 4. The Hall–Kier alpha value is -3.47. The van der Waals surface area contributed by atoms with Crippen molar-refractivity contribution in [2.75, 3.05) is 5.32 Å². The van der Waals surface area contributed by atoms with Gasteiger partial charge in [-0.3, -0.25) is 19.3 Å². The van der Waals surface area contributed by atoms with E-state index in [0.717, 1.165) is 15.1 Å². The van der Waals surface area contributed by atoms with E-state index in [1.807, 2.05) is 17.5 Å². The van der Waals surface area contributed by atoms with Gasteiger partial charge in [0.2, 0.25) is 5.91 Å². The van der Waals surface area contributed by atoms with Gasteiger partial charge in [0.05, 0.1) is 16.9 Å². The lowest BCUT2D eigenvalue weighted by Crippen LogP contribution is -2.42. The molecule has 0 spiro atoms. The second kappa shape index (κ2) is 6.36. The van der Waals surface area contributed by atoms with Crippen LogP contribution in [0.5, 0.6) is 0 Å². The molecule has 1 amide bonds. The molecular formula is C16H15N7O3S. The fourth-order valence-corrected chi connectivity index (χ4v) is 3.50. The fourth-order valence-electron chi connectivity index (χ4n) is 2.81. The Balaban J connectivity index is 1.61. The maximum atomic E-state index is 12.6. The summed E-state index contributed by atoms with van der Waals surface area (Å²) in [5.41, 5.74) is 0.124. The van der Waals surface area contributed by atoms with Gasteiger partial charge in [0, 0.05) is 20.2 Å². The van der Waals surface area contributed by atoms with Crippen LogP contribution in [0, 0.1) is 0 Å². The van der Waals surface area contributed by atoms with E-state index in [9.17, 15) is 14.4 Å². The van der Waals surface area contributed by atoms with E-state index in [4.69, 9.17) is 0 Å². The van der Waals surface area contributed by atoms with Crippen LogP contribution in [0.3, 0.4) is 0 Å². The molecule has 0 atom stereocenters. The van der Waals surface area contributed by atoms with Crippen molar-refractivity contribution in [3.05, 3.63) is 50.7 Å². The minimum atomic E-state index is -0.609. The van der Waals surface area contributed by atoms with E-state index in [-0.39, 0.29) is 11.2 Å². The molecule has 0 aliphatic carbocycles. The number of nitrogens with one attached hydrogen (secondary N) is 2. The number of imidazole rings is 1. The van der Waals surface area contributed by atoms with Crippen LogP contribution in [0.2, 0.25) is 0 Å². The molecule has 0 fully saturated rings. The van der Waals surface area contributed by atoms with Crippen LogP contribution in [0.1, 0.15) is 0 Å². The van der Waals surface area contributed by atoms with Crippen molar-refractivity contribution in [1.29, 1.82) is 0 Å². The van der Waals surface area contributed by atoms with Gasteiger partial charge in [0.15, 0.2) is 17.0 Å². The zero-order valence-electron chi connectivity index (χ0n) is 14.5. The lowest BCUT2D eigenvalue weighted by atomic mass is 10.3. The van der Waals surface area contributed by atoms with Crippen molar-refractivity contribution in [3.63, 3.8) is 0 Å². The van der Waals surface area contributed by atoms with Crippen LogP contribution in [-0.4, -0.2) is 34.8 Å². The predicted molar refractivity (Wildman–Crippen MR) is 101 cm³/mol. The standard InChI is InChI=1S/C16H15N7O3S/c1-21-8-17-14-13(21)15(25)23(16(26)22(14)2)7-12(24)18-11-6-9(19-20-11)10-4-3-5-27-10/h3-6,8H,7H2,1-2H3,(H2,18,19,20,24). The van der Waals surface area contributed by atoms with Crippen molar-refractivity contribution in [1.82, 2.24) is 28.9 Å². The third-order valence-corrected chi connectivity index (χ3v) is 5.04. The molecule has 11 heteroatoms. The first-order valence-electron chi connectivity index (χ1n) is 7.95. The molecule has 0 saturated heterocycles. The molecule has 0 radical (unpaired) electrons. The number of hydrogen-bond donors (Lipinski definition) is 2. The first kappa shape index (κ1) is 17.0. The van der Waals surface area contributed by atoms with E-state index in [0.29, 0.717) is 5.82 Å². The zero-order chi connectivity index (χ0) is 19.1. The molecular weight excluding hydrogens is 370 g/mol. The number of H-pyrrole nitrogens is 1. The highest BCUT2D eigenvalue weighted by Gasteiger charge is 2.17. The maximum absolute atomic E-state index is 12.6. The molecule has 4 rings (SSSR count). The van der Waals surface area contributed by atoms with Crippen LogP contribution in [0.15, 0.2) is 39.5 Å². The Morgan fingerprint density at radius 3 is 2.89 bits per heavy atom. The third-order valence-electron chi connectivity index (χ3n) is 4.13. The summed E-state index contributed by atoms with van der Waals surface area (Å²) >= 11 is 1.54. The number of hydrogen-bond acceptors (Lipinski definition) is 6. The first-order chi connectivity index (χ1) is 13.0. The van der Waals surface area contributed by atoms with E-state index in [2.05, 4.69) is 20.5 Å². The van der Waals surface area contributed by atoms with E-state index in [1.54, 1.807) is 13.1 Å². The van der Waals surface area contributed by atoms with Crippen molar-refractivity contribution < 1.29 is 4.79 Å². The highest BCUT2D eigenvalue weighted by atomic mass is 32.1. The van der Waals surface area contributed by atoms with Gasteiger partial charge < -0.3 is 9.88 Å². The van der Waals surface area contributed by atoms with Crippen LogP contribution >= 0.6 is 11.3 Å². The number of amides is 1. The topological polar surface area (TPSA) is 120 Å². The van der Waals surface area contributed by atoms with Crippen LogP contribution in [0.4, 0.5) is 5.82 Å². The van der Waals surface area contributed by atoms with Gasteiger partial charge in [0.1, 0.15) is 6.54 Å². The number of carbonyl (C=O) groups is 1. The van der Waals surface area contributed by atoms with Gasteiger partial charge in [-0.25, -0.2) is 14.3 Å². The van der Waals surface area contributed by atoms with E-state index >= 15 is 0 Å². The zero-order valence-corrected chi connectivity index (χ0v) is 15.3. The molecule has 0 aliphatic rings. The summed E-state index contributed by atoms with van der Waals surface area (Å²) in [6.07, 6.45) is 1.45. The summed E-state index contributed by atoms with van der Waals surface area (Å²) in [6.45, 7) is -0.423. The van der Waals surface area contributed by atoms with Crippen molar-refractivity contribution in [2.24, 2.45) is 14.1 Å². The van der Waals surface area contributed by atoms with Gasteiger partial charge in [-0.05, 0) is 11.4 Å². The first-order valence-corrected chi connectivity index (χ1v) is 8.83. The molecule has 0 bridgehead atoms. The Morgan fingerprint density at radius 2 is 2.15 bits per heavy atom. The Labute approximate surface area is 155 Å². The maximum Gasteiger partial charge on any atom is 0.332 e. The molecule has 4 aromatic heterocycles. The molecule has 0 unspecified atom stereocenters. The predicted octanol–water partition coefficient (Wildman–Crippen LogP) is 0.524. The monoisotopic (exact) mass is 385 g/mol. The number of aromatic nitrogens is 6. The second-order valence-corrected chi connectivity index (χ2v) is 6.90.